The summed E-state index contributed by atoms with van der Waals surface area (Å²) in [6.45, 7) is 4.74. The molecule has 0 saturated heterocycles. The number of aromatic nitrogens is 1. The Morgan fingerprint density at radius 3 is 2.71 bits per heavy atom. The lowest BCUT2D eigenvalue weighted by atomic mass is 10.1. The molecule has 0 aliphatic heterocycles. The van der Waals surface area contributed by atoms with Crippen LogP contribution in [-0.2, 0) is 13.5 Å². The Morgan fingerprint density at radius 2 is 2.10 bits per heavy atom. The zero-order valence-electron chi connectivity index (χ0n) is 12.6. The fourth-order valence-corrected chi connectivity index (χ4v) is 2.33. The molecule has 0 aliphatic carbocycles. The van der Waals surface area contributed by atoms with Crippen molar-refractivity contribution >= 4 is 5.91 Å². The second kappa shape index (κ2) is 6.27. The van der Waals surface area contributed by atoms with Crippen molar-refractivity contribution in [3.8, 4) is 6.07 Å². The maximum atomic E-state index is 12.0. The number of nitriles is 1. The van der Waals surface area contributed by atoms with Gasteiger partial charge in [0.2, 0.25) is 0 Å². The quantitative estimate of drug-likeness (QED) is 0.936. The maximum absolute atomic E-state index is 12.0. The number of carbonyl (C=O) groups is 1. The van der Waals surface area contributed by atoms with E-state index in [1.165, 1.54) is 17.0 Å². The number of hydrogen-bond acceptors (Lipinski definition) is 2. The highest BCUT2D eigenvalue weighted by Crippen LogP contribution is 2.13. The second-order valence-electron chi connectivity index (χ2n) is 5.15. The van der Waals surface area contributed by atoms with E-state index in [-0.39, 0.29) is 5.91 Å². The SMILES string of the molecule is Cc1cc(CCNC(=O)c2cccc(C#N)c2)c(C)n1C. The van der Waals surface area contributed by atoms with Crippen LogP contribution in [0, 0.1) is 25.2 Å². The van der Waals surface area contributed by atoms with Crippen molar-refractivity contribution in [1.82, 2.24) is 9.88 Å². The minimum atomic E-state index is -0.141. The third-order valence-corrected chi connectivity index (χ3v) is 3.81. The van der Waals surface area contributed by atoms with Gasteiger partial charge in [0.15, 0.2) is 0 Å². The van der Waals surface area contributed by atoms with Crippen LogP contribution in [0.15, 0.2) is 30.3 Å². The second-order valence-corrected chi connectivity index (χ2v) is 5.15. The predicted molar refractivity (Wildman–Crippen MR) is 82.1 cm³/mol. The van der Waals surface area contributed by atoms with Crippen LogP contribution in [0.5, 0.6) is 0 Å². The first-order valence-corrected chi connectivity index (χ1v) is 6.93. The number of carbonyl (C=O) groups excluding carboxylic acids is 1. The summed E-state index contributed by atoms with van der Waals surface area (Å²) in [5.74, 6) is -0.141. The van der Waals surface area contributed by atoms with Crippen molar-refractivity contribution in [1.29, 1.82) is 5.26 Å². The van der Waals surface area contributed by atoms with E-state index in [0.29, 0.717) is 17.7 Å². The zero-order chi connectivity index (χ0) is 15.4. The van der Waals surface area contributed by atoms with Crippen LogP contribution in [0.1, 0.15) is 32.9 Å². The third-order valence-electron chi connectivity index (χ3n) is 3.81. The minimum absolute atomic E-state index is 0.141. The van der Waals surface area contributed by atoms with E-state index in [4.69, 9.17) is 5.26 Å². The smallest absolute Gasteiger partial charge is 0.251 e. The van der Waals surface area contributed by atoms with Crippen molar-refractivity contribution in [3.05, 3.63) is 58.4 Å². The molecule has 1 N–H and O–H groups in total. The number of nitrogens with one attached hydrogen (secondary N) is 1. The van der Waals surface area contributed by atoms with Gasteiger partial charge in [0.25, 0.3) is 5.91 Å². The maximum Gasteiger partial charge on any atom is 0.251 e. The molecule has 0 saturated carbocycles. The topological polar surface area (TPSA) is 57.8 Å². The molecule has 2 aromatic rings. The average Bonchev–Trinajstić information content (AvgIpc) is 2.74. The minimum Gasteiger partial charge on any atom is -0.352 e. The molecule has 0 atom stereocenters. The zero-order valence-corrected chi connectivity index (χ0v) is 12.6. The van der Waals surface area contributed by atoms with Gasteiger partial charge in [0.05, 0.1) is 11.6 Å². The van der Waals surface area contributed by atoms with Crippen LogP contribution in [0.4, 0.5) is 0 Å². The van der Waals surface area contributed by atoms with E-state index in [0.717, 1.165) is 6.42 Å². The van der Waals surface area contributed by atoms with Crippen molar-refractivity contribution in [2.45, 2.75) is 20.3 Å². The van der Waals surface area contributed by atoms with Gasteiger partial charge in [-0.3, -0.25) is 4.79 Å². The van der Waals surface area contributed by atoms with Gasteiger partial charge >= 0.3 is 0 Å². The molecule has 1 aromatic carbocycles. The van der Waals surface area contributed by atoms with E-state index in [2.05, 4.69) is 29.8 Å². The Labute approximate surface area is 125 Å². The van der Waals surface area contributed by atoms with Crippen molar-refractivity contribution in [2.24, 2.45) is 7.05 Å². The molecule has 4 heteroatoms. The molecule has 0 radical (unpaired) electrons. The van der Waals surface area contributed by atoms with E-state index in [1.54, 1.807) is 24.3 Å². The van der Waals surface area contributed by atoms with Gasteiger partial charge in [0.1, 0.15) is 0 Å². The lowest BCUT2D eigenvalue weighted by molar-refractivity contribution is 0.0954. The molecule has 0 bridgehead atoms. The highest BCUT2D eigenvalue weighted by atomic mass is 16.1. The molecule has 0 unspecified atom stereocenters. The number of hydrogen-bond donors (Lipinski definition) is 1. The number of rotatable bonds is 4. The number of benzene rings is 1. The molecule has 1 heterocycles. The molecule has 1 amide bonds. The third kappa shape index (κ3) is 3.32. The fraction of sp³-hybridized carbons (Fsp3) is 0.294. The first kappa shape index (κ1) is 14.9. The molecular formula is C17H19N3O. The Balaban J connectivity index is 1.95. The molecule has 0 aliphatic rings. The van der Waals surface area contributed by atoms with E-state index >= 15 is 0 Å². The highest BCUT2D eigenvalue weighted by molar-refractivity contribution is 5.94. The first-order valence-electron chi connectivity index (χ1n) is 6.93. The highest BCUT2D eigenvalue weighted by Gasteiger charge is 2.08. The Bertz CT molecular complexity index is 707. The molecular weight excluding hydrogens is 262 g/mol. The van der Waals surface area contributed by atoms with E-state index in [1.807, 2.05) is 13.1 Å². The van der Waals surface area contributed by atoms with E-state index < -0.39 is 0 Å². The summed E-state index contributed by atoms with van der Waals surface area (Å²) in [7, 11) is 2.04. The monoisotopic (exact) mass is 281 g/mol. The van der Waals surface area contributed by atoms with E-state index in [9.17, 15) is 4.79 Å². The fourth-order valence-electron chi connectivity index (χ4n) is 2.33. The van der Waals surface area contributed by atoms with Crippen LogP contribution in [0.3, 0.4) is 0 Å². The normalized spacial score (nSPS) is 10.2. The van der Waals surface area contributed by atoms with Crippen LogP contribution < -0.4 is 5.32 Å². The summed E-state index contributed by atoms with van der Waals surface area (Å²) in [5.41, 5.74) is 4.72. The van der Waals surface area contributed by atoms with Crippen LogP contribution >= 0.6 is 0 Å². The summed E-state index contributed by atoms with van der Waals surface area (Å²) in [4.78, 5) is 12.0. The lowest BCUT2D eigenvalue weighted by Gasteiger charge is -2.06. The van der Waals surface area contributed by atoms with Crippen molar-refractivity contribution in [2.75, 3.05) is 6.54 Å². The summed E-state index contributed by atoms with van der Waals surface area (Å²) in [5, 5.41) is 11.7. The summed E-state index contributed by atoms with van der Waals surface area (Å²) in [6.07, 6.45) is 0.803. The molecule has 4 nitrogen and oxygen atoms in total. The molecule has 1 aromatic heterocycles. The number of nitrogens with zero attached hydrogens (tertiary/aromatic N) is 2. The first-order chi connectivity index (χ1) is 10.0. The van der Waals surface area contributed by atoms with Crippen LogP contribution in [0.25, 0.3) is 0 Å². The van der Waals surface area contributed by atoms with Gasteiger partial charge in [-0.1, -0.05) is 6.07 Å². The van der Waals surface area contributed by atoms with Crippen LogP contribution in [0.2, 0.25) is 0 Å². The number of amides is 1. The Hall–Kier alpha value is -2.54. The van der Waals surface area contributed by atoms with Gasteiger partial charge in [-0.15, -0.1) is 0 Å². The lowest BCUT2D eigenvalue weighted by Crippen LogP contribution is -2.25. The summed E-state index contributed by atoms with van der Waals surface area (Å²) >= 11 is 0. The van der Waals surface area contributed by atoms with Gasteiger partial charge in [-0.2, -0.15) is 5.26 Å². The standard InChI is InChI=1S/C17H19N3O/c1-12-9-15(13(2)20(12)3)7-8-19-17(21)16-6-4-5-14(10-16)11-18/h4-6,9-10H,7-8H2,1-3H3,(H,19,21). The molecule has 0 spiro atoms. The molecule has 21 heavy (non-hydrogen) atoms. The molecule has 108 valence electrons. The van der Waals surface area contributed by atoms with Gasteiger partial charge in [-0.25, -0.2) is 0 Å². The predicted octanol–water partition coefficient (Wildman–Crippen LogP) is 2.49. The molecule has 2 rings (SSSR count). The Morgan fingerprint density at radius 1 is 1.33 bits per heavy atom. The van der Waals surface area contributed by atoms with Crippen LogP contribution in [-0.4, -0.2) is 17.0 Å². The van der Waals surface area contributed by atoms with Crippen molar-refractivity contribution < 1.29 is 4.79 Å². The summed E-state index contributed by atoms with van der Waals surface area (Å²) < 4.78 is 2.15. The average molecular weight is 281 g/mol. The van der Waals surface area contributed by atoms with Gasteiger partial charge in [-0.05, 0) is 50.1 Å². The van der Waals surface area contributed by atoms with Gasteiger partial charge in [0, 0.05) is 30.5 Å². The number of aryl methyl sites for hydroxylation is 1. The van der Waals surface area contributed by atoms with Gasteiger partial charge < -0.3 is 9.88 Å². The largest absolute Gasteiger partial charge is 0.352 e. The summed E-state index contributed by atoms with van der Waals surface area (Å²) in [6, 6.07) is 10.9. The Kier molecular flexibility index (Phi) is 4.44. The molecule has 0 fully saturated rings. The van der Waals surface area contributed by atoms with Crippen molar-refractivity contribution in [3.63, 3.8) is 0 Å².